The quantitative estimate of drug-likeness (QED) is 0.293. The fourth-order valence-corrected chi connectivity index (χ4v) is 3.02. The zero-order chi connectivity index (χ0) is 16.1. The Kier molecular flexibility index (Phi) is 4.19. The van der Waals surface area contributed by atoms with Crippen LogP contribution in [0.2, 0.25) is 0 Å². The summed E-state index contributed by atoms with van der Waals surface area (Å²) in [5.41, 5.74) is 0. The van der Waals surface area contributed by atoms with Crippen LogP contribution in [-0.4, -0.2) is 105 Å². The fourth-order valence-electron chi connectivity index (χ4n) is 3.02. The highest BCUT2D eigenvalue weighted by Gasteiger charge is 2.64. The van der Waals surface area contributed by atoms with Gasteiger partial charge in [-0.15, -0.1) is 0 Å². The van der Waals surface area contributed by atoms with E-state index in [-0.39, 0.29) is 0 Å². The van der Waals surface area contributed by atoms with Crippen molar-refractivity contribution in [3.63, 3.8) is 0 Å². The minimum atomic E-state index is -1.69. The van der Waals surface area contributed by atoms with Crippen molar-refractivity contribution in [1.82, 2.24) is 0 Å². The van der Waals surface area contributed by atoms with Gasteiger partial charge in [0.15, 0.2) is 0 Å². The van der Waals surface area contributed by atoms with Crippen LogP contribution in [0, 0.1) is 0 Å². The summed E-state index contributed by atoms with van der Waals surface area (Å²) in [6.45, 7) is -1.83. The van der Waals surface area contributed by atoms with Crippen molar-refractivity contribution >= 4 is 0 Å². The lowest BCUT2D eigenvalue weighted by atomic mass is 10.0. The van der Waals surface area contributed by atoms with Gasteiger partial charge in [0.05, 0.1) is 13.2 Å². The summed E-state index contributed by atoms with van der Waals surface area (Å²) in [7, 11) is 0. The molecule has 3 aliphatic rings. The molecule has 2 unspecified atom stereocenters. The molecule has 0 aromatic carbocycles. The average molecular weight is 324 g/mol. The van der Waals surface area contributed by atoms with Crippen LogP contribution in [0.1, 0.15) is 0 Å². The second-order valence-electron chi connectivity index (χ2n) is 5.75. The standard InChI is InChI=1S/C12H20O10/c13-1-5-7(15)9(17)11(21-5)3-20-12(4-19-11)10(18)8(16)6(2-14)22-12/h5-10,13-18H,1-4H2/t5-,6-,7?,8?,9+,10+,11-,12+/m1/s1. The van der Waals surface area contributed by atoms with E-state index in [4.69, 9.17) is 29.2 Å². The highest BCUT2D eigenvalue weighted by atomic mass is 16.8. The lowest BCUT2D eigenvalue weighted by Crippen LogP contribution is -2.62. The van der Waals surface area contributed by atoms with Crippen LogP contribution in [0.5, 0.6) is 0 Å². The van der Waals surface area contributed by atoms with Gasteiger partial charge in [-0.25, -0.2) is 0 Å². The zero-order valence-corrected chi connectivity index (χ0v) is 11.6. The largest absolute Gasteiger partial charge is 0.394 e. The summed E-state index contributed by atoms with van der Waals surface area (Å²) in [5, 5.41) is 57.8. The molecule has 0 radical (unpaired) electrons. The Morgan fingerprint density at radius 1 is 0.727 bits per heavy atom. The molecule has 3 heterocycles. The molecule has 3 saturated heterocycles. The lowest BCUT2D eigenvalue weighted by molar-refractivity contribution is -0.401. The summed E-state index contributed by atoms with van der Waals surface area (Å²) in [6.07, 6.45) is -7.69. The summed E-state index contributed by atoms with van der Waals surface area (Å²) in [5.74, 6) is -3.38. The van der Waals surface area contributed by atoms with Crippen LogP contribution >= 0.6 is 0 Å². The number of aliphatic hydroxyl groups excluding tert-OH is 6. The van der Waals surface area contributed by atoms with E-state index < -0.39 is 74.6 Å². The molecular formula is C12H20O10. The maximum Gasteiger partial charge on any atom is 0.222 e. The summed E-state index contributed by atoms with van der Waals surface area (Å²) >= 11 is 0. The first-order valence-corrected chi connectivity index (χ1v) is 6.96. The van der Waals surface area contributed by atoms with Gasteiger partial charge in [0.1, 0.15) is 49.8 Å². The molecule has 3 aliphatic heterocycles. The average Bonchev–Trinajstić information content (AvgIpc) is 2.91. The molecule has 22 heavy (non-hydrogen) atoms. The summed E-state index contributed by atoms with van der Waals surface area (Å²) < 4.78 is 21.6. The molecule has 0 saturated carbocycles. The Hall–Kier alpha value is -0.400. The van der Waals surface area contributed by atoms with E-state index in [0.717, 1.165) is 0 Å². The Morgan fingerprint density at radius 3 is 1.32 bits per heavy atom. The molecule has 6 N–H and O–H groups in total. The van der Waals surface area contributed by atoms with Gasteiger partial charge < -0.3 is 49.6 Å². The van der Waals surface area contributed by atoms with Crippen molar-refractivity contribution in [1.29, 1.82) is 0 Å². The van der Waals surface area contributed by atoms with E-state index in [1.54, 1.807) is 0 Å². The zero-order valence-electron chi connectivity index (χ0n) is 11.6. The maximum atomic E-state index is 10.0. The normalized spacial score (nSPS) is 55.4. The van der Waals surface area contributed by atoms with E-state index in [9.17, 15) is 20.4 Å². The van der Waals surface area contributed by atoms with Crippen molar-refractivity contribution in [3.05, 3.63) is 0 Å². The van der Waals surface area contributed by atoms with E-state index in [1.807, 2.05) is 0 Å². The van der Waals surface area contributed by atoms with Crippen molar-refractivity contribution < 1.29 is 49.6 Å². The highest BCUT2D eigenvalue weighted by Crippen LogP contribution is 2.42. The van der Waals surface area contributed by atoms with Gasteiger partial charge in [-0.2, -0.15) is 0 Å². The molecule has 0 aliphatic carbocycles. The lowest BCUT2D eigenvalue weighted by Gasteiger charge is -2.44. The van der Waals surface area contributed by atoms with Crippen LogP contribution in [-0.2, 0) is 18.9 Å². The van der Waals surface area contributed by atoms with E-state index in [0.29, 0.717) is 0 Å². The highest BCUT2D eigenvalue weighted by molar-refractivity contribution is 5.03. The molecule has 10 heteroatoms. The third kappa shape index (κ3) is 2.19. The third-order valence-corrected chi connectivity index (χ3v) is 4.41. The molecule has 10 nitrogen and oxygen atoms in total. The van der Waals surface area contributed by atoms with Crippen molar-refractivity contribution in [2.45, 2.75) is 48.2 Å². The van der Waals surface area contributed by atoms with Crippen molar-refractivity contribution in [3.8, 4) is 0 Å². The minimum Gasteiger partial charge on any atom is -0.394 e. The monoisotopic (exact) mass is 324 g/mol. The summed E-state index contributed by atoms with van der Waals surface area (Å²) in [4.78, 5) is 0. The Morgan fingerprint density at radius 2 is 1.09 bits per heavy atom. The fraction of sp³-hybridized carbons (Fsp3) is 1.00. The second-order valence-corrected chi connectivity index (χ2v) is 5.75. The van der Waals surface area contributed by atoms with Crippen molar-refractivity contribution in [2.24, 2.45) is 0 Å². The first-order valence-electron chi connectivity index (χ1n) is 6.96. The Labute approximate surface area is 125 Å². The van der Waals surface area contributed by atoms with Gasteiger partial charge in [-0.1, -0.05) is 0 Å². The SMILES string of the molecule is OC[C@H]1O[C@@]2(CO[C@]3(CO2)O[C@H](CO)C(O)[C@@H]3O)[C@@H](O)C1O. The Bertz CT molecular complexity index is 371. The minimum absolute atomic E-state index is 0.399. The second kappa shape index (κ2) is 5.60. The van der Waals surface area contributed by atoms with Crippen LogP contribution in [0.15, 0.2) is 0 Å². The molecule has 0 amide bonds. The number of hydrogen-bond donors (Lipinski definition) is 6. The van der Waals surface area contributed by atoms with Gasteiger partial charge in [-0.05, 0) is 0 Å². The molecule has 3 rings (SSSR count). The van der Waals surface area contributed by atoms with Gasteiger partial charge in [0, 0.05) is 0 Å². The molecule has 128 valence electrons. The van der Waals surface area contributed by atoms with E-state index >= 15 is 0 Å². The predicted octanol–water partition coefficient (Wildman–Crippen LogP) is -4.35. The van der Waals surface area contributed by atoms with Gasteiger partial charge in [-0.3, -0.25) is 0 Å². The van der Waals surface area contributed by atoms with Crippen LogP contribution in [0.3, 0.4) is 0 Å². The number of rotatable bonds is 2. The van der Waals surface area contributed by atoms with E-state index in [1.165, 1.54) is 0 Å². The smallest absolute Gasteiger partial charge is 0.222 e. The maximum absolute atomic E-state index is 10.0. The van der Waals surface area contributed by atoms with E-state index in [2.05, 4.69) is 0 Å². The topological polar surface area (TPSA) is 158 Å². The Balaban J connectivity index is 1.73. The first-order chi connectivity index (χ1) is 10.4. The number of hydrogen-bond acceptors (Lipinski definition) is 10. The summed E-state index contributed by atoms with van der Waals surface area (Å²) in [6, 6.07) is 0. The van der Waals surface area contributed by atoms with Crippen molar-refractivity contribution in [2.75, 3.05) is 26.4 Å². The van der Waals surface area contributed by atoms with Gasteiger partial charge in [0.25, 0.3) is 0 Å². The first kappa shape index (κ1) is 16.5. The van der Waals surface area contributed by atoms with Gasteiger partial charge >= 0.3 is 0 Å². The van der Waals surface area contributed by atoms with Gasteiger partial charge in [0.2, 0.25) is 11.6 Å². The molecule has 0 aromatic rings. The molecule has 0 aromatic heterocycles. The van der Waals surface area contributed by atoms with Crippen LogP contribution in [0.4, 0.5) is 0 Å². The predicted molar refractivity (Wildman–Crippen MR) is 65.3 cm³/mol. The number of ether oxygens (including phenoxy) is 4. The molecular weight excluding hydrogens is 304 g/mol. The molecule has 0 bridgehead atoms. The molecule has 8 atom stereocenters. The molecule has 3 fully saturated rings. The van der Waals surface area contributed by atoms with Crippen LogP contribution in [0.25, 0.3) is 0 Å². The number of aliphatic hydroxyl groups is 6. The molecule has 2 spiro atoms. The third-order valence-electron chi connectivity index (χ3n) is 4.41. The van der Waals surface area contributed by atoms with Crippen LogP contribution < -0.4 is 0 Å².